The van der Waals surface area contributed by atoms with Crippen LogP contribution >= 0.6 is 0 Å². The molecule has 3 aliphatic carbocycles. The molecule has 6 rings (SSSR count). The van der Waals surface area contributed by atoms with Gasteiger partial charge in [-0.3, -0.25) is 0 Å². The van der Waals surface area contributed by atoms with Crippen molar-refractivity contribution in [1.29, 1.82) is 0 Å². The first-order valence-electron chi connectivity index (χ1n) is 14.0. The van der Waals surface area contributed by atoms with Crippen LogP contribution in [0.4, 0.5) is 8.78 Å². The lowest BCUT2D eigenvalue weighted by Gasteiger charge is -2.49. The number of hydrogen-bond acceptors (Lipinski definition) is 5. The number of ether oxygens (including phenoxy) is 2. The minimum absolute atomic E-state index is 0.0210. The third kappa shape index (κ3) is 4.87. The van der Waals surface area contributed by atoms with E-state index in [9.17, 15) is 13.9 Å². The minimum Gasteiger partial charge on any atom is -0.508 e. The van der Waals surface area contributed by atoms with Gasteiger partial charge in [0, 0.05) is 22.8 Å². The number of benzene rings is 3. The van der Waals surface area contributed by atoms with E-state index in [0.717, 1.165) is 61.8 Å². The average molecular weight is 545 g/mol. The van der Waals surface area contributed by atoms with Gasteiger partial charge < -0.3 is 14.6 Å². The summed E-state index contributed by atoms with van der Waals surface area (Å²) < 4.78 is 38.3. The van der Waals surface area contributed by atoms with E-state index >= 15 is 0 Å². The maximum atomic E-state index is 14.0. The summed E-state index contributed by atoms with van der Waals surface area (Å²) in [7, 11) is 1.57. The molecule has 40 heavy (non-hydrogen) atoms. The highest BCUT2D eigenvalue weighted by Gasteiger charge is 2.53. The van der Waals surface area contributed by atoms with Gasteiger partial charge in [0.25, 0.3) is 0 Å². The zero-order chi connectivity index (χ0) is 27.9. The van der Waals surface area contributed by atoms with Crippen molar-refractivity contribution in [3.05, 3.63) is 88.5 Å². The molecule has 0 bridgehead atoms. The van der Waals surface area contributed by atoms with Crippen molar-refractivity contribution >= 4 is 11.9 Å². The van der Waals surface area contributed by atoms with Crippen LogP contribution in [0.1, 0.15) is 67.2 Å². The summed E-state index contributed by atoms with van der Waals surface area (Å²) in [6.45, 7) is 2.44. The smallest absolute Gasteiger partial charge is 0.167 e. The number of phenolic OH excluding ortho intramolecular Hbond substituents is 1. The van der Waals surface area contributed by atoms with Gasteiger partial charge >= 0.3 is 0 Å². The number of halogens is 2. The Morgan fingerprint density at radius 1 is 1.00 bits per heavy atom. The van der Waals surface area contributed by atoms with E-state index in [-0.39, 0.29) is 17.8 Å². The van der Waals surface area contributed by atoms with Crippen molar-refractivity contribution in [1.82, 2.24) is 0 Å². The Balaban J connectivity index is 1.17. The Bertz CT molecular complexity index is 1490. The molecule has 2 fully saturated rings. The van der Waals surface area contributed by atoms with Gasteiger partial charge in [0.05, 0.1) is 13.3 Å². The number of phenols is 1. The van der Waals surface area contributed by atoms with Gasteiger partial charge in [-0.05, 0) is 115 Å². The molecule has 7 heteroatoms. The fraction of sp³-hybridized carbons (Fsp3) is 0.394. The zero-order valence-corrected chi connectivity index (χ0v) is 22.9. The third-order valence-corrected chi connectivity index (χ3v) is 9.42. The summed E-state index contributed by atoms with van der Waals surface area (Å²) in [4.78, 5) is 0. The Morgan fingerprint density at radius 3 is 2.67 bits per heavy atom. The number of rotatable bonds is 6. The molecule has 0 aliphatic heterocycles. The number of fused-ring (bicyclic) bond motifs is 5. The molecular formula is C33H34F2N2O3. The standard InChI is InChI=1S/C33H34F2N2O3/c1-33-14-13-26-25-8-6-24(38)16-21(25)4-7-27(26)28(33)9-12-32(33)37-36-18-20-3-10-30(39-2)22(15-20)19-40-31-11-5-23(34)17-29(31)35/h3,5-6,8,10-11,15-18,26-28,38H,4,7,9,12-14,19H2,1-2H3/b36-18-,37-32-/t26-,27+,28+,33+/m1/s1. The highest BCUT2D eigenvalue weighted by atomic mass is 19.1. The van der Waals surface area contributed by atoms with E-state index in [1.54, 1.807) is 13.3 Å². The van der Waals surface area contributed by atoms with E-state index < -0.39 is 11.6 Å². The number of aryl methyl sites for hydroxylation is 1. The van der Waals surface area contributed by atoms with E-state index in [1.807, 2.05) is 30.3 Å². The molecule has 5 nitrogen and oxygen atoms in total. The van der Waals surface area contributed by atoms with Crippen LogP contribution in [-0.4, -0.2) is 24.1 Å². The van der Waals surface area contributed by atoms with Gasteiger partial charge in [0.1, 0.15) is 23.9 Å². The highest BCUT2D eigenvalue weighted by molar-refractivity contribution is 5.93. The summed E-state index contributed by atoms with van der Waals surface area (Å²) in [5.41, 5.74) is 5.55. The maximum absolute atomic E-state index is 14.0. The zero-order valence-electron chi connectivity index (χ0n) is 22.9. The summed E-state index contributed by atoms with van der Waals surface area (Å²) >= 11 is 0. The topological polar surface area (TPSA) is 63.4 Å². The van der Waals surface area contributed by atoms with E-state index in [2.05, 4.69) is 18.1 Å². The second-order valence-electron chi connectivity index (χ2n) is 11.5. The van der Waals surface area contributed by atoms with E-state index in [4.69, 9.17) is 14.6 Å². The van der Waals surface area contributed by atoms with Crippen LogP contribution in [0.3, 0.4) is 0 Å². The van der Waals surface area contributed by atoms with Crippen LogP contribution in [0.5, 0.6) is 17.2 Å². The summed E-state index contributed by atoms with van der Waals surface area (Å²) in [6, 6.07) is 14.8. The molecule has 4 atom stereocenters. The van der Waals surface area contributed by atoms with Crippen LogP contribution in [0.15, 0.2) is 64.8 Å². The second kappa shape index (κ2) is 10.7. The Labute approximate surface area is 233 Å². The molecule has 3 aromatic carbocycles. The Kier molecular flexibility index (Phi) is 7.07. The van der Waals surface area contributed by atoms with Crippen molar-refractivity contribution in [2.75, 3.05) is 7.11 Å². The van der Waals surface area contributed by atoms with Gasteiger partial charge in [0.2, 0.25) is 0 Å². The highest BCUT2D eigenvalue weighted by Crippen LogP contribution is 2.60. The fourth-order valence-electron chi connectivity index (χ4n) is 7.43. The molecule has 0 amide bonds. The first-order valence-corrected chi connectivity index (χ1v) is 14.0. The van der Waals surface area contributed by atoms with Crippen LogP contribution < -0.4 is 9.47 Å². The summed E-state index contributed by atoms with van der Waals surface area (Å²) in [5, 5.41) is 19.2. The molecule has 3 aliphatic rings. The predicted molar refractivity (Wildman–Crippen MR) is 151 cm³/mol. The number of methoxy groups -OCH3 is 1. The predicted octanol–water partition coefficient (Wildman–Crippen LogP) is 7.59. The Hall–Kier alpha value is -3.74. The van der Waals surface area contributed by atoms with Gasteiger partial charge in [-0.1, -0.05) is 13.0 Å². The van der Waals surface area contributed by atoms with Crippen LogP contribution in [0.25, 0.3) is 0 Å². The lowest BCUT2D eigenvalue weighted by atomic mass is 9.55. The molecule has 0 unspecified atom stereocenters. The molecule has 0 heterocycles. The quantitative estimate of drug-likeness (QED) is 0.257. The van der Waals surface area contributed by atoms with Crippen molar-refractivity contribution in [2.45, 2.75) is 58.0 Å². The Morgan fingerprint density at radius 2 is 1.85 bits per heavy atom. The average Bonchev–Trinajstić information content (AvgIpc) is 3.28. The van der Waals surface area contributed by atoms with Crippen molar-refractivity contribution < 1.29 is 23.4 Å². The minimum atomic E-state index is -0.748. The summed E-state index contributed by atoms with van der Waals surface area (Å²) in [5.74, 6) is 1.36. The molecule has 0 saturated heterocycles. The number of hydrogen-bond donors (Lipinski definition) is 1. The molecule has 0 radical (unpaired) electrons. The molecule has 0 spiro atoms. The SMILES string of the molecule is COc1ccc(/C=N\N=C2\CC[C@H]3[C@H]4CCc5cc(O)ccc5[C@H]4CC[C@]23C)cc1COc1ccc(F)cc1F. The normalized spacial score (nSPS) is 26.4. The third-order valence-electron chi connectivity index (χ3n) is 9.42. The second-order valence-corrected chi connectivity index (χ2v) is 11.5. The molecular weight excluding hydrogens is 510 g/mol. The van der Waals surface area contributed by atoms with E-state index in [0.29, 0.717) is 29.3 Å². The number of nitrogens with zero attached hydrogens (tertiary/aromatic N) is 2. The molecule has 2 saturated carbocycles. The molecule has 0 aromatic heterocycles. The summed E-state index contributed by atoms with van der Waals surface area (Å²) in [6.07, 6.45) is 8.26. The number of aromatic hydroxyl groups is 1. The fourth-order valence-corrected chi connectivity index (χ4v) is 7.43. The first kappa shape index (κ1) is 26.5. The van der Waals surface area contributed by atoms with Gasteiger partial charge in [-0.25, -0.2) is 8.78 Å². The maximum Gasteiger partial charge on any atom is 0.167 e. The van der Waals surface area contributed by atoms with Gasteiger partial charge in [0.15, 0.2) is 11.6 Å². The van der Waals surface area contributed by atoms with Crippen molar-refractivity contribution in [3.63, 3.8) is 0 Å². The monoisotopic (exact) mass is 544 g/mol. The van der Waals surface area contributed by atoms with Crippen molar-refractivity contribution in [3.8, 4) is 17.2 Å². The van der Waals surface area contributed by atoms with Gasteiger partial charge in [-0.15, -0.1) is 0 Å². The lowest BCUT2D eigenvalue weighted by molar-refractivity contribution is 0.0955. The first-order chi connectivity index (χ1) is 19.4. The lowest BCUT2D eigenvalue weighted by Crippen LogP contribution is -2.42. The van der Waals surface area contributed by atoms with Gasteiger partial charge in [-0.2, -0.15) is 10.2 Å². The van der Waals surface area contributed by atoms with Crippen LogP contribution in [0, 0.1) is 28.9 Å². The molecule has 208 valence electrons. The van der Waals surface area contributed by atoms with E-state index in [1.165, 1.54) is 22.9 Å². The van der Waals surface area contributed by atoms with Crippen molar-refractivity contribution in [2.24, 2.45) is 27.5 Å². The van der Waals surface area contributed by atoms with Crippen LogP contribution in [0.2, 0.25) is 0 Å². The molecule has 3 aromatic rings. The molecule has 1 N–H and O–H groups in total. The largest absolute Gasteiger partial charge is 0.508 e. The van der Waals surface area contributed by atoms with Crippen LogP contribution in [-0.2, 0) is 13.0 Å².